The highest BCUT2D eigenvalue weighted by atomic mass is 16.6. The molecule has 0 saturated heterocycles. The summed E-state index contributed by atoms with van der Waals surface area (Å²) < 4.78 is 5.11. The van der Waals surface area contributed by atoms with Gasteiger partial charge >= 0.3 is 6.09 Å². The van der Waals surface area contributed by atoms with Gasteiger partial charge in [0.2, 0.25) is 0 Å². The molecule has 0 spiro atoms. The highest BCUT2D eigenvalue weighted by Crippen LogP contribution is 2.06. The maximum absolute atomic E-state index is 11.5. The maximum atomic E-state index is 11.5. The number of likely N-dealkylation sites (N-methyl/N-ethyl adjacent to an activating group) is 1. The summed E-state index contributed by atoms with van der Waals surface area (Å²) in [5, 5.41) is 14.7. The standard InChI is InChI=1S/C14H28N4O2/c1-6-18(7-2)9-8-16-12(10-15)11-17-13(19)20-14(3,4)5/h12,16H,6-9,11H2,1-5H3,(H,17,19). The number of ether oxygens (including phenoxy) is 1. The Morgan fingerprint density at radius 1 is 1.35 bits per heavy atom. The fraction of sp³-hybridized carbons (Fsp3) is 0.857. The molecule has 116 valence electrons. The predicted molar refractivity (Wildman–Crippen MR) is 79.4 cm³/mol. The van der Waals surface area contributed by atoms with Crippen molar-refractivity contribution >= 4 is 6.09 Å². The topological polar surface area (TPSA) is 77.4 Å². The highest BCUT2D eigenvalue weighted by Gasteiger charge is 2.17. The fourth-order valence-corrected chi connectivity index (χ4v) is 1.60. The average molecular weight is 284 g/mol. The minimum Gasteiger partial charge on any atom is -0.444 e. The van der Waals surface area contributed by atoms with Crippen LogP contribution in [0.3, 0.4) is 0 Å². The molecule has 1 atom stereocenters. The van der Waals surface area contributed by atoms with E-state index in [9.17, 15) is 4.79 Å². The monoisotopic (exact) mass is 284 g/mol. The summed E-state index contributed by atoms with van der Waals surface area (Å²) >= 11 is 0. The van der Waals surface area contributed by atoms with E-state index < -0.39 is 17.7 Å². The smallest absolute Gasteiger partial charge is 0.407 e. The molecule has 0 radical (unpaired) electrons. The lowest BCUT2D eigenvalue weighted by Gasteiger charge is -2.21. The van der Waals surface area contributed by atoms with Crippen molar-refractivity contribution in [2.75, 3.05) is 32.7 Å². The van der Waals surface area contributed by atoms with Crippen LogP contribution < -0.4 is 10.6 Å². The summed E-state index contributed by atoms with van der Waals surface area (Å²) in [6.45, 7) is 13.4. The molecule has 0 bridgehead atoms. The van der Waals surface area contributed by atoms with E-state index in [4.69, 9.17) is 10.00 Å². The zero-order chi connectivity index (χ0) is 15.6. The van der Waals surface area contributed by atoms with Gasteiger partial charge in [0.05, 0.1) is 6.07 Å². The van der Waals surface area contributed by atoms with Crippen LogP contribution in [0.4, 0.5) is 4.79 Å². The fourth-order valence-electron chi connectivity index (χ4n) is 1.60. The number of carbonyl (C=O) groups is 1. The van der Waals surface area contributed by atoms with Gasteiger partial charge in [0, 0.05) is 19.6 Å². The zero-order valence-corrected chi connectivity index (χ0v) is 13.3. The van der Waals surface area contributed by atoms with Gasteiger partial charge in [-0.15, -0.1) is 0 Å². The molecular weight excluding hydrogens is 256 g/mol. The van der Waals surface area contributed by atoms with E-state index in [-0.39, 0.29) is 6.54 Å². The van der Waals surface area contributed by atoms with E-state index in [0.29, 0.717) is 0 Å². The van der Waals surface area contributed by atoms with Crippen LogP contribution in [-0.4, -0.2) is 55.4 Å². The summed E-state index contributed by atoms with van der Waals surface area (Å²) in [6.07, 6.45) is -0.497. The molecule has 0 heterocycles. The third kappa shape index (κ3) is 9.59. The SMILES string of the molecule is CCN(CC)CCNC(C#N)CNC(=O)OC(C)(C)C. The van der Waals surface area contributed by atoms with Crippen LogP contribution >= 0.6 is 0 Å². The van der Waals surface area contributed by atoms with E-state index in [1.54, 1.807) is 20.8 Å². The predicted octanol–water partition coefficient (Wildman–Crippen LogP) is 1.33. The van der Waals surface area contributed by atoms with Crippen LogP contribution in [0.5, 0.6) is 0 Å². The van der Waals surface area contributed by atoms with E-state index in [0.717, 1.165) is 26.2 Å². The summed E-state index contributed by atoms with van der Waals surface area (Å²) in [5.74, 6) is 0. The van der Waals surface area contributed by atoms with Crippen LogP contribution in [0.25, 0.3) is 0 Å². The Hall–Kier alpha value is -1.32. The Balaban J connectivity index is 3.94. The van der Waals surface area contributed by atoms with Crippen LogP contribution in [0.2, 0.25) is 0 Å². The van der Waals surface area contributed by atoms with Crippen molar-refractivity contribution in [2.45, 2.75) is 46.3 Å². The number of nitrogens with one attached hydrogen (secondary N) is 2. The normalized spacial score (nSPS) is 12.8. The van der Waals surface area contributed by atoms with Crippen molar-refractivity contribution < 1.29 is 9.53 Å². The number of nitrogens with zero attached hydrogens (tertiary/aromatic N) is 2. The molecule has 1 unspecified atom stereocenters. The number of rotatable bonds is 8. The Labute approximate surface area is 122 Å². The first-order valence-corrected chi connectivity index (χ1v) is 7.14. The molecule has 0 rings (SSSR count). The van der Waals surface area contributed by atoms with Crippen molar-refractivity contribution in [3.63, 3.8) is 0 Å². The number of nitriles is 1. The quantitative estimate of drug-likeness (QED) is 0.703. The maximum Gasteiger partial charge on any atom is 0.407 e. The summed E-state index contributed by atoms with van der Waals surface area (Å²) in [4.78, 5) is 13.7. The van der Waals surface area contributed by atoms with Gasteiger partial charge in [0.15, 0.2) is 0 Å². The Bertz CT molecular complexity index is 316. The molecule has 20 heavy (non-hydrogen) atoms. The Kier molecular flexibility index (Phi) is 8.93. The number of carbonyl (C=O) groups excluding carboxylic acids is 1. The van der Waals surface area contributed by atoms with Gasteiger partial charge in [0.1, 0.15) is 11.6 Å². The molecule has 2 N–H and O–H groups in total. The Morgan fingerprint density at radius 2 is 1.95 bits per heavy atom. The molecule has 0 aliphatic rings. The molecule has 6 heteroatoms. The second kappa shape index (κ2) is 9.56. The molecule has 0 aromatic carbocycles. The summed E-state index contributed by atoms with van der Waals surface area (Å²) in [6, 6.07) is 1.73. The third-order valence-corrected chi connectivity index (χ3v) is 2.72. The number of alkyl carbamates (subject to hydrolysis) is 1. The van der Waals surface area contributed by atoms with Gasteiger partial charge in [-0.3, -0.25) is 5.32 Å². The lowest BCUT2D eigenvalue weighted by Crippen LogP contribution is -2.44. The number of hydrogen-bond donors (Lipinski definition) is 2. The van der Waals surface area contributed by atoms with Crippen molar-refractivity contribution in [1.29, 1.82) is 5.26 Å². The van der Waals surface area contributed by atoms with Crippen molar-refractivity contribution in [1.82, 2.24) is 15.5 Å². The molecule has 0 saturated carbocycles. The van der Waals surface area contributed by atoms with Crippen LogP contribution in [0.1, 0.15) is 34.6 Å². The minimum absolute atomic E-state index is 0.240. The van der Waals surface area contributed by atoms with Gasteiger partial charge in [-0.2, -0.15) is 5.26 Å². The molecule has 0 aromatic rings. The third-order valence-electron chi connectivity index (χ3n) is 2.72. The van der Waals surface area contributed by atoms with E-state index in [1.165, 1.54) is 0 Å². The number of amides is 1. The first-order valence-electron chi connectivity index (χ1n) is 7.14. The zero-order valence-electron chi connectivity index (χ0n) is 13.3. The first-order chi connectivity index (χ1) is 9.32. The minimum atomic E-state index is -0.525. The van der Waals surface area contributed by atoms with Crippen molar-refractivity contribution in [2.24, 2.45) is 0 Å². The van der Waals surface area contributed by atoms with E-state index >= 15 is 0 Å². The molecular formula is C14H28N4O2. The van der Waals surface area contributed by atoms with Crippen LogP contribution in [0, 0.1) is 11.3 Å². The van der Waals surface area contributed by atoms with E-state index in [1.807, 2.05) is 0 Å². The number of hydrogen-bond acceptors (Lipinski definition) is 5. The molecule has 0 aliphatic carbocycles. The van der Waals surface area contributed by atoms with Crippen LogP contribution in [-0.2, 0) is 4.74 Å². The lowest BCUT2D eigenvalue weighted by molar-refractivity contribution is 0.0525. The second-order valence-electron chi connectivity index (χ2n) is 5.55. The first kappa shape index (κ1) is 18.7. The van der Waals surface area contributed by atoms with Gasteiger partial charge in [0.25, 0.3) is 0 Å². The molecule has 0 fully saturated rings. The average Bonchev–Trinajstić information content (AvgIpc) is 2.36. The molecule has 0 aromatic heterocycles. The largest absolute Gasteiger partial charge is 0.444 e. The summed E-state index contributed by atoms with van der Waals surface area (Å²) in [5.41, 5.74) is -0.525. The second-order valence-corrected chi connectivity index (χ2v) is 5.55. The van der Waals surface area contributed by atoms with Crippen molar-refractivity contribution in [3.8, 4) is 6.07 Å². The van der Waals surface area contributed by atoms with Gasteiger partial charge in [-0.25, -0.2) is 4.79 Å². The van der Waals surface area contributed by atoms with Gasteiger partial charge in [-0.1, -0.05) is 13.8 Å². The highest BCUT2D eigenvalue weighted by molar-refractivity contribution is 5.67. The Morgan fingerprint density at radius 3 is 2.40 bits per heavy atom. The van der Waals surface area contributed by atoms with Crippen LogP contribution in [0.15, 0.2) is 0 Å². The summed E-state index contributed by atoms with van der Waals surface area (Å²) in [7, 11) is 0. The molecule has 1 amide bonds. The molecule has 6 nitrogen and oxygen atoms in total. The van der Waals surface area contributed by atoms with E-state index in [2.05, 4.69) is 35.5 Å². The molecule has 0 aliphatic heterocycles. The van der Waals surface area contributed by atoms with Crippen molar-refractivity contribution in [3.05, 3.63) is 0 Å². The van der Waals surface area contributed by atoms with Gasteiger partial charge < -0.3 is 15.0 Å². The lowest BCUT2D eigenvalue weighted by atomic mass is 10.2. The van der Waals surface area contributed by atoms with Gasteiger partial charge in [-0.05, 0) is 33.9 Å².